The van der Waals surface area contributed by atoms with Gasteiger partial charge in [0.25, 0.3) is 0 Å². The number of nitrogens with two attached hydrogens (primary N) is 3. The molecule has 1 aliphatic heterocycles. The Morgan fingerprint density at radius 1 is 1.45 bits per heavy atom. The van der Waals surface area contributed by atoms with Crippen LogP contribution in [0.3, 0.4) is 0 Å². The van der Waals surface area contributed by atoms with Crippen LogP contribution in [0.1, 0.15) is 26.2 Å². The smallest absolute Gasteiger partial charge is 0.328 e. The highest BCUT2D eigenvalue weighted by Crippen LogP contribution is 2.26. The zero-order valence-electron chi connectivity index (χ0n) is 12.2. The first-order chi connectivity index (χ1) is 10.1. The Labute approximate surface area is 127 Å². The van der Waals surface area contributed by atoms with Crippen LogP contribution >= 0.6 is 0 Å². The fourth-order valence-corrected chi connectivity index (χ4v) is 1.44. The first-order valence-corrected chi connectivity index (χ1v) is 6.57. The number of ether oxygens (including phenoxy) is 1. The lowest BCUT2D eigenvalue weighted by Gasteiger charge is -2.25. The topological polar surface area (TPSA) is 205 Å². The van der Waals surface area contributed by atoms with Crippen LogP contribution in [0.4, 0.5) is 0 Å². The van der Waals surface area contributed by atoms with E-state index in [0.29, 0.717) is 13.0 Å². The molecule has 22 heavy (non-hydrogen) atoms. The molecule has 0 amide bonds. The summed E-state index contributed by atoms with van der Waals surface area (Å²) in [5.41, 5.74) is 13.6. The molecule has 0 saturated carbocycles. The number of unbranched alkanes of at least 4 members (excludes halogenated alkanes) is 1. The molecule has 9 N–H and O–H groups in total. The molecule has 1 heterocycles. The summed E-state index contributed by atoms with van der Waals surface area (Å²) < 4.78 is 4.29. The van der Waals surface area contributed by atoms with Crippen LogP contribution in [-0.4, -0.2) is 51.7 Å². The molecule has 0 aromatic carbocycles. The third-order valence-electron chi connectivity index (χ3n) is 2.94. The van der Waals surface area contributed by atoms with Crippen molar-refractivity contribution >= 4 is 11.9 Å². The number of rotatable bonds is 6. The summed E-state index contributed by atoms with van der Waals surface area (Å²) in [6, 6.07) is -0.716. The van der Waals surface area contributed by atoms with Crippen molar-refractivity contribution < 1.29 is 34.8 Å². The van der Waals surface area contributed by atoms with Crippen molar-refractivity contribution in [2.24, 2.45) is 17.2 Å². The molecule has 1 aliphatic rings. The largest absolute Gasteiger partial charge is 0.865 e. The van der Waals surface area contributed by atoms with Gasteiger partial charge < -0.3 is 36.6 Å². The molecule has 0 fully saturated rings. The number of cyclic esters (lactones) is 1. The van der Waals surface area contributed by atoms with E-state index in [1.54, 1.807) is 0 Å². The van der Waals surface area contributed by atoms with Crippen LogP contribution in [0.5, 0.6) is 0 Å². The van der Waals surface area contributed by atoms with Gasteiger partial charge in [0.15, 0.2) is 5.76 Å². The fourth-order valence-electron chi connectivity index (χ4n) is 1.44. The van der Waals surface area contributed by atoms with E-state index in [4.69, 9.17) is 32.5 Å². The maximum absolute atomic E-state index is 10.7. The van der Waals surface area contributed by atoms with Crippen molar-refractivity contribution in [3.05, 3.63) is 11.5 Å². The predicted octanol–water partition coefficient (Wildman–Crippen LogP) is -2.76. The lowest BCUT2D eigenvalue weighted by Crippen LogP contribution is -2.51. The number of carbonyl (C=O) groups is 2. The van der Waals surface area contributed by atoms with Crippen LogP contribution in [0, 0.1) is 0 Å². The Balaban J connectivity index is 0.000000409. The summed E-state index contributed by atoms with van der Waals surface area (Å²) in [5, 5.41) is 37.0. The third kappa shape index (κ3) is 5.15. The number of esters is 1. The molecule has 0 radical (unpaired) electrons. The van der Waals surface area contributed by atoms with Gasteiger partial charge in [-0.3, -0.25) is 10.5 Å². The highest BCUT2D eigenvalue weighted by molar-refractivity contribution is 5.89. The molecule has 0 unspecified atom stereocenters. The number of aliphatic hydroxyl groups excluding tert-OH is 2. The zero-order valence-corrected chi connectivity index (χ0v) is 12.2. The van der Waals surface area contributed by atoms with Gasteiger partial charge in [-0.2, -0.15) is 0 Å². The molecular formula is C12H22N3O7-. The molecule has 10 heteroatoms. The Morgan fingerprint density at radius 3 is 2.27 bits per heavy atom. The normalized spacial score (nSPS) is 23.4. The van der Waals surface area contributed by atoms with Crippen LogP contribution in [-0.2, 0) is 14.3 Å². The highest BCUT2D eigenvalue weighted by Gasteiger charge is 2.45. The molecule has 1 rings (SSSR count). The number of hydrogen-bond donors (Lipinski definition) is 6. The summed E-state index contributed by atoms with van der Waals surface area (Å²) >= 11 is 0. The van der Waals surface area contributed by atoms with Crippen molar-refractivity contribution in [1.82, 2.24) is 0 Å². The monoisotopic (exact) mass is 320 g/mol. The Kier molecular flexibility index (Phi) is 7.81. The average Bonchev–Trinajstić information content (AvgIpc) is 2.64. The molecule has 10 nitrogen and oxygen atoms in total. The summed E-state index contributed by atoms with van der Waals surface area (Å²) in [7, 11) is 0. The third-order valence-corrected chi connectivity index (χ3v) is 2.94. The number of aliphatic carboxylic acids is 1. The molecule has 3 atom stereocenters. The summed E-state index contributed by atoms with van der Waals surface area (Å²) in [5.74, 6) is -4.35. The molecule has 0 bridgehead atoms. The number of carbonyl (C=O) groups excluding carboxylic acids is 1. The summed E-state index contributed by atoms with van der Waals surface area (Å²) in [4.78, 5) is 20.7. The van der Waals surface area contributed by atoms with Crippen molar-refractivity contribution in [3.8, 4) is 0 Å². The SMILES string of the molecule is C[C@H](O)[C@@]1(N)OC(=O)C([O-])=C1O.NCCCC[C@H](N)C(=O)O. The van der Waals surface area contributed by atoms with Crippen LogP contribution in [0.25, 0.3) is 0 Å². The molecule has 0 saturated heterocycles. The van der Waals surface area contributed by atoms with Crippen molar-refractivity contribution in [3.63, 3.8) is 0 Å². The molecule has 0 aliphatic carbocycles. The van der Waals surface area contributed by atoms with Gasteiger partial charge in [-0.15, -0.1) is 0 Å². The van der Waals surface area contributed by atoms with Crippen LogP contribution in [0.15, 0.2) is 11.5 Å². The molecule has 0 spiro atoms. The first kappa shape index (κ1) is 20.1. The molecule has 0 aromatic heterocycles. The molecule has 128 valence electrons. The second kappa shape index (κ2) is 8.54. The highest BCUT2D eigenvalue weighted by atomic mass is 16.6. The minimum atomic E-state index is -2.08. The van der Waals surface area contributed by atoms with E-state index in [0.717, 1.165) is 12.8 Å². The van der Waals surface area contributed by atoms with Gasteiger partial charge in [0, 0.05) is 5.76 Å². The maximum Gasteiger partial charge on any atom is 0.328 e. The van der Waals surface area contributed by atoms with Crippen molar-refractivity contribution in [1.29, 1.82) is 0 Å². The van der Waals surface area contributed by atoms with Gasteiger partial charge in [-0.25, -0.2) is 4.79 Å². The number of carboxylic acids is 1. The first-order valence-electron chi connectivity index (χ1n) is 6.57. The van der Waals surface area contributed by atoms with E-state index in [-0.39, 0.29) is 0 Å². The van der Waals surface area contributed by atoms with Gasteiger partial charge >= 0.3 is 11.9 Å². The Morgan fingerprint density at radius 2 is 2.00 bits per heavy atom. The van der Waals surface area contributed by atoms with Gasteiger partial charge in [0.2, 0.25) is 5.72 Å². The fraction of sp³-hybridized carbons (Fsp3) is 0.667. The maximum atomic E-state index is 10.7. The molecular weight excluding hydrogens is 298 g/mol. The van der Waals surface area contributed by atoms with E-state index < -0.39 is 41.3 Å². The Bertz CT molecular complexity index is 438. The van der Waals surface area contributed by atoms with Crippen LogP contribution < -0.4 is 22.3 Å². The lowest BCUT2D eigenvalue weighted by atomic mass is 10.1. The minimum Gasteiger partial charge on any atom is -0.865 e. The molecule has 0 aromatic rings. The zero-order chi connectivity index (χ0) is 17.5. The van der Waals surface area contributed by atoms with Crippen LogP contribution in [0.2, 0.25) is 0 Å². The standard InChI is InChI=1S/C6H14N2O2.C6H9NO5/c7-4-2-1-3-5(8)6(9)10;1-2(8)6(7)4(10)3(9)5(11)12-6/h5H,1-4,7-8H2,(H,9,10);2,8-10H,7H2,1H3/p-1/t5-;2-,6+/m00/s1. The Hall–Kier alpha value is -1.88. The number of hydrogen-bond acceptors (Lipinski definition) is 9. The summed E-state index contributed by atoms with van der Waals surface area (Å²) in [6.07, 6.45) is 0.824. The predicted molar refractivity (Wildman–Crippen MR) is 72.9 cm³/mol. The lowest BCUT2D eigenvalue weighted by molar-refractivity contribution is -0.303. The van der Waals surface area contributed by atoms with Gasteiger partial charge in [0.05, 0.1) is 0 Å². The summed E-state index contributed by atoms with van der Waals surface area (Å²) in [6.45, 7) is 1.80. The average molecular weight is 320 g/mol. The van der Waals surface area contributed by atoms with E-state index >= 15 is 0 Å². The van der Waals surface area contributed by atoms with E-state index in [1.807, 2.05) is 0 Å². The number of aliphatic hydroxyl groups is 2. The van der Waals surface area contributed by atoms with Gasteiger partial charge in [0.1, 0.15) is 12.1 Å². The number of carboxylic acid groups (broad SMARTS) is 1. The van der Waals surface area contributed by atoms with Gasteiger partial charge in [-0.1, -0.05) is 6.42 Å². The van der Waals surface area contributed by atoms with Crippen molar-refractivity contribution in [2.75, 3.05) is 6.54 Å². The van der Waals surface area contributed by atoms with E-state index in [2.05, 4.69) is 4.74 Å². The van der Waals surface area contributed by atoms with E-state index in [1.165, 1.54) is 6.92 Å². The second-order valence-electron chi connectivity index (χ2n) is 4.77. The van der Waals surface area contributed by atoms with Gasteiger partial charge in [-0.05, 0) is 26.3 Å². The van der Waals surface area contributed by atoms with Crippen molar-refractivity contribution in [2.45, 2.75) is 44.1 Å². The van der Waals surface area contributed by atoms with E-state index in [9.17, 15) is 14.7 Å². The second-order valence-corrected chi connectivity index (χ2v) is 4.77. The minimum absolute atomic E-state index is 0.520. The quantitative estimate of drug-likeness (QED) is 0.219.